The molecule has 0 fully saturated rings. The number of aromatic amines is 1. The van der Waals surface area contributed by atoms with Crippen LogP contribution in [-0.2, 0) is 6.54 Å². The third-order valence-corrected chi connectivity index (χ3v) is 2.71. The molecule has 0 unspecified atom stereocenters. The Morgan fingerprint density at radius 3 is 2.69 bits per heavy atom. The number of halogens is 1. The van der Waals surface area contributed by atoms with E-state index in [2.05, 4.69) is 25.8 Å². The van der Waals surface area contributed by atoms with E-state index in [4.69, 9.17) is 12.2 Å². The Hall–Kier alpha value is -1.16. The van der Waals surface area contributed by atoms with Crippen LogP contribution in [-0.4, -0.2) is 9.55 Å². The van der Waals surface area contributed by atoms with Crippen molar-refractivity contribution in [1.82, 2.24) is 9.55 Å². The van der Waals surface area contributed by atoms with E-state index in [0.29, 0.717) is 10.3 Å². The maximum Gasteiger partial charge on any atom is 0.178 e. The maximum atomic E-state index is 13.5. The van der Waals surface area contributed by atoms with Crippen LogP contribution in [0.15, 0.2) is 18.2 Å². The van der Waals surface area contributed by atoms with Crippen molar-refractivity contribution in [1.29, 1.82) is 0 Å². The summed E-state index contributed by atoms with van der Waals surface area (Å²) in [5, 5.41) is 0. The van der Waals surface area contributed by atoms with E-state index in [9.17, 15) is 4.39 Å². The summed E-state index contributed by atoms with van der Waals surface area (Å²) >= 11 is 5.22. The summed E-state index contributed by atoms with van der Waals surface area (Å²) in [6.07, 6.45) is 0. The molecule has 86 valence electrons. The van der Waals surface area contributed by atoms with Crippen molar-refractivity contribution in [2.45, 2.75) is 27.3 Å². The predicted molar refractivity (Wildman–Crippen MR) is 66.5 cm³/mol. The molecule has 4 heteroatoms. The molecule has 1 aromatic carbocycles. The lowest BCUT2D eigenvalue weighted by atomic mass is 9.97. The van der Waals surface area contributed by atoms with Crippen LogP contribution < -0.4 is 0 Å². The van der Waals surface area contributed by atoms with Gasteiger partial charge in [-0.2, -0.15) is 0 Å². The van der Waals surface area contributed by atoms with Crippen molar-refractivity contribution in [2.75, 3.05) is 0 Å². The van der Waals surface area contributed by atoms with Crippen LogP contribution in [0, 0.1) is 16.0 Å². The van der Waals surface area contributed by atoms with Crippen molar-refractivity contribution in [3.63, 3.8) is 0 Å². The average Bonchev–Trinajstić information content (AvgIpc) is 2.44. The second kappa shape index (κ2) is 3.70. The van der Waals surface area contributed by atoms with Gasteiger partial charge in [-0.3, -0.25) is 0 Å². The molecule has 2 aromatic rings. The highest BCUT2D eigenvalue weighted by molar-refractivity contribution is 7.71. The van der Waals surface area contributed by atoms with Gasteiger partial charge in [0, 0.05) is 6.54 Å². The molecule has 0 amide bonds. The number of imidazole rings is 1. The fraction of sp³-hybridized carbons (Fsp3) is 0.417. The van der Waals surface area contributed by atoms with Crippen molar-refractivity contribution in [2.24, 2.45) is 5.41 Å². The minimum absolute atomic E-state index is 0.111. The van der Waals surface area contributed by atoms with Crippen LogP contribution in [0.2, 0.25) is 0 Å². The summed E-state index contributed by atoms with van der Waals surface area (Å²) in [5.74, 6) is -0.253. The Morgan fingerprint density at radius 2 is 2.06 bits per heavy atom. The first-order chi connectivity index (χ1) is 7.38. The summed E-state index contributed by atoms with van der Waals surface area (Å²) in [4.78, 5) is 2.92. The van der Waals surface area contributed by atoms with E-state index in [-0.39, 0.29) is 11.2 Å². The molecule has 0 bridgehead atoms. The second-order valence-corrected chi connectivity index (χ2v) is 5.60. The smallest absolute Gasteiger partial charge is 0.178 e. The highest BCUT2D eigenvalue weighted by Crippen LogP contribution is 2.22. The van der Waals surface area contributed by atoms with Gasteiger partial charge in [0.25, 0.3) is 0 Å². The Morgan fingerprint density at radius 1 is 1.38 bits per heavy atom. The number of aromatic nitrogens is 2. The quantitative estimate of drug-likeness (QED) is 0.748. The first-order valence-corrected chi connectivity index (χ1v) is 5.66. The standard InChI is InChI=1S/C12H15FN2S/c1-12(2,3)7-15-9-6-4-5-8(13)10(9)14-11(15)16/h4-6H,7H2,1-3H3,(H,14,16). The zero-order valence-corrected chi connectivity index (χ0v) is 10.5. The molecule has 16 heavy (non-hydrogen) atoms. The van der Waals surface area contributed by atoms with Crippen LogP contribution in [0.25, 0.3) is 11.0 Å². The maximum absolute atomic E-state index is 13.5. The lowest BCUT2D eigenvalue weighted by molar-refractivity contribution is 0.346. The number of rotatable bonds is 1. The van der Waals surface area contributed by atoms with E-state index in [1.807, 2.05) is 10.6 Å². The van der Waals surface area contributed by atoms with Gasteiger partial charge < -0.3 is 9.55 Å². The van der Waals surface area contributed by atoms with Crippen LogP contribution in [0.5, 0.6) is 0 Å². The van der Waals surface area contributed by atoms with Crippen molar-refractivity contribution in [3.05, 3.63) is 28.8 Å². The van der Waals surface area contributed by atoms with E-state index >= 15 is 0 Å². The van der Waals surface area contributed by atoms with Gasteiger partial charge in [-0.1, -0.05) is 26.8 Å². The van der Waals surface area contributed by atoms with Gasteiger partial charge in [0.05, 0.1) is 5.52 Å². The molecular formula is C12H15FN2S. The largest absolute Gasteiger partial charge is 0.328 e. The van der Waals surface area contributed by atoms with Crippen molar-refractivity contribution < 1.29 is 4.39 Å². The fourth-order valence-corrected chi connectivity index (χ4v) is 2.04. The van der Waals surface area contributed by atoms with Crippen molar-refractivity contribution >= 4 is 23.3 Å². The van der Waals surface area contributed by atoms with E-state index in [0.717, 1.165) is 12.1 Å². The minimum Gasteiger partial charge on any atom is -0.328 e. The number of hydrogen-bond acceptors (Lipinski definition) is 1. The summed E-state index contributed by atoms with van der Waals surface area (Å²) in [5.41, 5.74) is 1.44. The normalized spacial score (nSPS) is 12.2. The van der Waals surface area contributed by atoms with E-state index in [1.165, 1.54) is 6.07 Å². The van der Waals surface area contributed by atoms with Crippen molar-refractivity contribution in [3.8, 4) is 0 Å². The number of H-pyrrole nitrogens is 1. The highest BCUT2D eigenvalue weighted by Gasteiger charge is 2.15. The molecule has 0 aliphatic carbocycles. The van der Waals surface area contributed by atoms with Gasteiger partial charge in [0.1, 0.15) is 11.3 Å². The zero-order chi connectivity index (χ0) is 11.9. The van der Waals surface area contributed by atoms with Gasteiger partial charge in [-0.15, -0.1) is 0 Å². The molecule has 2 nitrogen and oxygen atoms in total. The van der Waals surface area contributed by atoms with Crippen LogP contribution in [0.3, 0.4) is 0 Å². The number of para-hydroxylation sites is 1. The summed E-state index contributed by atoms with van der Waals surface area (Å²) in [6.45, 7) is 7.17. The van der Waals surface area contributed by atoms with E-state index < -0.39 is 0 Å². The Labute approximate surface area is 99.1 Å². The number of nitrogens with one attached hydrogen (secondary N) is 1. The lowest BCUT2D eigenvalue weighted by Crippen LogP contribution is -2.15. The number of benzene rings is 1. The molecule has 1 N–H and O–H groups in total. The molecule has 0 spiro atoms. The Balaban J connectivity index is 2.66. The summed E-state index contributed by atoms with van der Waals surface area (Å²) in [6, 6.07) is 5.03. The molecule has 1 heterocycles. The molecular weight excluding hydrogens is 223 g/mol. The zero-order valence-electron chi connectivity index (χ0n) is 9.67. The first kappa shape index (κ1) is 11.3. The number of hydrogen-bond donors (Lipinski definition) is 1. The second-order valence-electron chi connectivity index (χ2n) is 5.21. The van der Waals surface area contributed by atoms with Gasteiger partial charge in [0.2, 0.25) is 0 Å². The Kier molecular flexibility index (Phi) is 2.62. The monoisotopic (exact) mass is 238 g/mol. The van der Waals surface area contributed by atoms with Gasteiger partial charge in [-0.25, -0.2) is 4.39 Å². The van der Waals surface area contributed by atoms with Crippen LogP contribution >= 0.6 is 12.2 Å². The molecule has 0 saturated heterocycles. The van der Waals surface area contributed by atoms with Gasteiger partial charge >= 0.3 is 0 Å². The predicted octanol–water partition coefficient (Wildman–Crippen LogP) is 3.88. The minimum atomic E-state index is -0.253. The van der Waals surface area contributed by atoms with Crippen LogP contribution in [0.4, 0.5) is 4.39 Å². The molecule has 0 aliphatic rings. The third kappa shape index (κ3) is 2.02. The molecule has 0 saturated carbocycles. The summed E-state index contributed by atoms with van der Waals surface area (Å²) in [7, 11) is 0. The van der Waals surface area contributed by atoms with Gasteiger partial charge in [0.15, 0.2) is 4.77 Å². The van der Waals surface area contributed by atoms with E-state index in [1.54, 1.807) is 6.07 Å². The molecule has 2 rings (SSSR count). The lowest BCUT2D eigenvalue weighted by Gasteiger charge is -2.19. The fourth-order valence-electron chi connectivity index (χ4n) is 1.78. The number of nitrogens with zero attached hydrogens (tertiary/aromatic N) is 1. The first-order valence-electron chi connectivity index (χ1n) is 5.25. The molecule has 0 aliphatic heterocycles. The topological polar surface area (TPSA) is 20.7 Å². The SMILES string of the molecule is CC(C)(C)Cn1c(=S)[nH]c2c(F)cccc21. The number of fused-ring (bicyclic) bond motifs is 1. The molecule has 0 atom stereocenters. The third-order valence-electron chi connectivity index (χ3n) is 2.39. The Bertz CT molecular complexity index is 575. The molecule has 0 radical (unpaired) electrons. The van der Waals surface area contributed by atoms with Gasteiger partial charge in [-0.05, 0) is 29.8 Å². The molecule has 1 aromatic heterocycles. The summed E-state index contributed by atoms with van der Waals surface area (Å²) < 4.78 is 16.1. The average molecular weight is 238 g/mol. The van der Waals surface area contributed by atoms with Crippen LogP contribution in [0.1, 0.15) is 20.8 Å². The highest BCUT2D eigenvalue weighted by atomic mass is 32.1.